The molecule has 0 saturated heterocycles. The normalized spacial score (nSPS) is 13.1. The van der Waals surface area contributed by atoms with Gasteiger partial charge >= 0.3 is 5.97 Å². The first-order chi connectivity index (χ1) is 8.86. The van der Waals surface area contributed by atoms with Gasteiger partial charge in [-0.1, -0.05) is 13.8 Å². The monoisotopic (exact) mass is 268 g/mol. The van der Waals surface area contributed by atoms with Gasteiger partial charge in [-0.15, -0.1) is 0 Å². The number of carbonyl (C=O) groups is 2. The van der Waals surface area contributed by atoms with Gasteiger partial charge in [0, 0.05) is 18.8 Å². The van der Waals surface area contributed by atoms with Gasteiger partial charge in [-0.3, -0.25) is 9.48 Å². The van der Waals surface area contributed by atoms with Gasteiger partial charge in [0.15, 0.2) is 0 Å². The van der Waals surface area contributed by atoms with Crippen LogP contribution in [-0.2, 0) is 16.6 Å². The van der Waals surface area contributed by atoms with Crippen LogP contribution in [0.4, 0.5) is 0 Å². The van der Waals surface area contributed by atoms with Gasteiger partial charge in [0.2, 0.25) is 5.91 Å². The lowest BCUT2D eigenvalue weighted by molar-refractivity contribution is -0.148. The van der Waals surface area contributed by atoms with Crippen molar-refractivity contribution in [2.45, 2.75) is 38.3 Å². The van der Waals surface area contributed by atoms with E-state index in [2.05, 4.69) is 10.4 Å². The summed E-state index contributed by atoms with van der Waals surface area (Å²) in [5.41, 5.74) is 5.09. The van der Waals surface area contributed by atoms with Crippen LogP contribution in [0.25, 0.3) is 0 Å². The van der Waals surface area contributed by atoms with Gasteiger partial charge in [-0.25, -0.2) is 4.79 Å². The molecule has 0 radical (unpaired) electrons. The Labute approximate surface area is 111 Å². The minimum Gasteiger partial charge on any atom is -0.480 e. The van der Waals surface area contributed by atoms with E-state index in [9.17, 15) is 14.7 Å². The first-order valence-electron chi connectivity index (χ1n) is 6.15. The SMILES string of the molecule is CCC(CC)(NC(=O)C(N)c1cnn(C)c1)C(=O)O. The van der Waals surface area contributed by atoms with E-state index in [0.29, 0.717) is 18.4 Å². The average molecular weight is 268 g/mol. The van der Waals surface area contributed by atoms with Gasteiger partial charge in [-0.2, -0.15) is 5.10 Å². The number of carboxylic acid groups (broad SMARTS) is 1. The molecule has 1 rings (SSSR count). The minimum atomic E-state index is -1.27. The van der Waals surface area contributed by atoms with Gasteiger partial charge in [0.25, 0.3) is 0 Å². The highest BCUT2D eigenvalue weighted by molar-refractivity contribution is 5.90. The van der Waals surface area contributed by atoms with Crippen LogP contribution in [0.15, 0.2) is 12.4 Å². The van der Waals surface area contributed by atoms with Crippen molar-refractivity contribution in [2.24, 2.45) is 12.8 Å². The van der Waals surface area contributed by atoms with E-state index in [1.165, 1.54) is 10.9 Å². The summed E-state index contributed by atoms with van der Waals surface area (Å²) in [6.45, 7) is 3.43. The molecule has 0 saturated carbocycles. The number of amides is 1. The maximum atomic E-state index is 12.1. The Morgan fingerprint density at radius 1 is 1.53 bits per heavy atom. The van der Waals surface area contributed by atoms with Gasteiger partial charge in [-0.05, 0) is 12.8 Å². The van der Waals surface area contributed by atoms with Crippen molar-refractivity contribution in [3.63, 3.8) is 0 Å². The van der Waals surface area contributed by atoms with E-state index in [-0.39, 0.29) is 0 Å². The van der Waals surface area contributed by atoms with Crippen LogP contribution in [-0.4, -0.2) is 32.3 Å². The molecule has 0 bridgehead atoms. The van der Waals surface area contributed by atoms with Crippen molar-refractivity contribution < 1.29 is 14.7 Å². The second kappa shape index (κ2) is 5.83. The second-order valence-electron chi connectivity index (χ2n) is 4.51. The average Bonchev–Trinajstić information content (AvgIpc) is 2.81. The summed E-state index contributed by atoms with van der Waals surface area (Å²) >= 11 is 0. The number of aromatic nitrogens is 2. The van der Waals surface area contributed by atoms with Gasteiger partial charge in [0.05, 0.1) is 6.20 Å². The number of hydrogen-bond acceptors (Lipinski definition) is 4. The van der Waals surface area contributed by atoms with Crippen LogP contribution < -0.4 is 11.1 Å². The molecule has 1 heterocycles. The third kappa shape index (κ3) is 3.11. The highest BCUT2D eigenvalue weighted by Gasteiger charge is 2.37. The molecule has 106 valence electrons. The summed E-state index contributed by atoms with van der Waals surface area (Å²) in [5, 5.41) is 15.7. The molecule has 7 heteroatoms. The number of carbonyl (C=O) groups excluding carboxylic acids is 1. The fourth-order valence-electron chi connectivity index (χ4n) is 1.85. The highest BCUT2D eigenvalue weighted by Crippen LogP contribution is 2.18. The third-order valence-electron chi connectivity index (χ3n) is 3.35. The molecule has 0 aliphatic rings. The maximum absolute atomic E-state index is 12.1. The summed E-state index contributed by atoms with van der Waals surface area (Å²) in [6, 6.07) is -0.925. The molecule has 1 unspecified atom stereocenters. The summed E-state index contributed by atoms with van der Waals surface area (Å²) in [5.74, 6) is -1.57. The molecule has 0 aromatic carbocycles. The molecular weight excluding hydrogens is 248 g/mol. The number of aliphatic carboxylic acids is 1. The largest absolute Gasteiger partial charge is 0.480 e. The number of nitrogens with zero attached hydrogens (tertiary/aromatic N) is 2. The smallest absolute Gasteiger partial charge is 0.329 e. The standard InChI is InChI=1S/C12H20N4O3/c1-4-12(5-2,11(18)19)15-10(17)9(13)8-6-14-16(3)7-8/h6-7,9H,4-5,13H2,1-3H3,(H,15,17)(H,18,19). The Morgan fingerprint density at radius 3 is 2.47 bits per heavy atom. The quantitative estimate of drug-likeness (QED) is 0.681. The van der Waals surface area contributed by atoms with E-state index in [1.54, 1.807) is 27.1 Å². The molecule has 0 fully saturated rings. The molecule has 4 N–H and O–H groups in total. The second-order valence-corrected chi connectivity index (χ2v) is 4.51. The van der Waals surface area contributed by atoms with Crippen LogP contribution in [0.1, 0.15) is 38.3 Å². The Kier molecular flexibility index (Phi) is 4.66. The van der Waals surface area contributed by atoms with Crippen molar-refractivity contribution in [2.75, 3.05) is 0 Å². The van der Waals surface area contributed by atoms with E-state index in [1.807, 2.05) is 0 Å². The van der Waals surface area contributed by atoms with Gasteiger partial charge < -0.3 is 16.2 Å². The summed E-state index contributed by atoms with van der Waals surface area (Å²) in [7, 11) is 1.72. The van der Waals surface area contributed by atoms with E-state index in [0.717, 1.165) is 0 Å². The maximum Gasteiger partial charge on any atom is 0.329 e. The first kappa shape index (κ1) is 15.2. The molecule has 1 aromatic rings. The lowest BCUT2D eigenvalue weighted by atomic mass is 9.92. The zero-order chi connectivity index (χ0) is 14.6. The Balaban J connectivity index is 2.86. The third-order valence-corrected chi connectivity index (χ3v) is 3.35. The van der Waals surface area contributed by atoms with Crippen molar-refractivity contribution >= 4 is 11.9 Å². The van der Waals surface area contributed by atoms with Crippen LogP contribution >= 0.6 is 0 Å². The minimum absolute atomic E-state index is 0.296. The Bertz CT molecular complexity index is 465. The highest BCUT2D eigenvalue weighted by atomic mass is 16.4. The number of aryl methyl sites for hydroxylation is 1. The topological polar surface area (TPSA) is 110 Å². The van der Waals surface area contributed by atoms with Crippen LogP contribution in [0.2, 0.25) is 0 Å². The van der Waals surface area contributed by atoms with Crippen LogP contribution in [0.5, 0.6) is 0 Å². The van der Waals surface area contributed by atoms with E-state index < -0.39 is 23.5 Å². The summed E-state index contributed by atoms with van der Waals surface area (Å²) in [6.07, 6.45) is 3.71. The summed E-state index contributed by atoms with van der Waals surface area (Å²) < 4.78 is 1.53. The Morgan fingerprint density at radius 2 is 2.11 bits per heavy atom. The van der Waals surface area contributed by atoms with Crippen molar-refractivity contribution in [3.8, 4) is 0 Å². The predicted octanol–water partition coefficient (Wildman–Crippen LogP) is 0.180. The van der Waals surface area contributed by atoms with Crippen LogP contribution in [0, 0.1) is 0 Å². The van der Waals surface area contributed by atoms with E-state index >= 15 is 0 Å². The molecule has 1 amide bonds. The number of rotatable bonds is 6. The molecule has 1 aromatic heterocycles. The van der Waals surface area contributed by atoms with Crippen molar-refractivity contribution in [1.82, 2.24) is 15.1 Å². The lowest BCUT2D eigenvalue weighted by Crippen LogP contribution is -2.55. The molecule has 0 spiro atoms. The molecule has 7 nitrogen and oxygen atoms in total. The molecule has 0 aliphatic carbocycles. The van der Waals surface area contributed by atoms with Crippen molar-refractivity contribution in [1.29, 1.82) is 0 Å². The first-order valence-corrected chi connectivity index (χ1v) is 6.15. The predicted molar refractivity (Wildman–Crippen MR) is 69.2 cm³/mol. The lowest BCUT2D eigenvalue weighted by Gasteiger charge is -2.29. The van der Waals surface area contributed by atoms with E-state index in [4.69, 9.17) is 5.73 Å². The number of nitrogens with one attached hydrogen (secondary N) is 1. The fourth-order valence-corrected chi connectivity index (χ4v) is 1.85. The number of hydrogen-bond donors (Lipinski definition) is 3. The Hall–Kier alpha value is -1.89. The molecular formula is C12H20N4O3. The molecule has 0 aliphatic heterocycles. The molecule has 1 atom stereocenters. The number of nitrogens with two attached hydrogens (primary N) is 1. The molecule has 19 heavy (non-hydrogen) atoms. The zero-order valence-electron chi connectivity index (χ0n) is 11.4. The zero-order valence-corrected chi connectivity index (χ0v) is 11.4. The number of carboxylic acids is 1. The van der Waals surface area contributed by atoms with Crippen LogP contribution in [0.3, 0.4) is 0 Å². The van der Waals surface area contributed by atoms with Gasteiger partial charge in [0.1, 0.15) is 11.6 Å². The van der Waals surface area contributed by atoms with Crippen molar-refractivity contribution in [3.05, 3.63) is 18.0 Å². The summed E-state index contributed by atoms with van der Waals surface area (Å²) in [4.78, 5) is 23.4. The fraction of sp³-hybridized carbons (Fsp3) is 0.583.